The maximum Gasteiger partial charge on any atom is 0.124 e. The van der Waals surface area contributed by atoms with Gasteiger partial charge < -0.3 is 9.30 Å². The lowest BCUT2D eigenvalue weighted by atomic mass is 10.2. The van der Waals surface area contributed by atoms with Gasteiger partial charge in [-0.15, -0.1) is 11.6 Å². The van der Waals surface area contributed by atoms with E-state index in [0.29, 0.717) is 16.8 Å². The third-order valence-corrected chi connectivity index (χ3v) is 3.50. The van der Waals surface area contributed by atoms with Crippen molar-refractivity contribution >= 4 is 34.2 Å². The van der Waals surface area contributed by atoms with Gasteiger partial charge in [-0.05, 0) is 30.5 Å². The molecule has 0 amide bonds. The molecule has 1 aromatic heterocycles. The van der Waals surface area contributed by atoms with Gasteiger partial charge in [0.1, 0.15) is 5.82 Å². The molecule has 0 saturated carbocycles. The van der Waals surface area contributed by atoms with E-state index in [2.05, 4.69) is 23.4 Å². The SMILES string of the molecule is CC(C)COCCCn1c(CCl)nc2cc(Cl)ccc21. The number of aryl methyl sites for hydroxylation is 1. The maximum absolute atomic E-state index is 6.00. The Hall–Kier alpha value is -0.770. The first-order valence-corrected chi connectivity index (χ1v) is 7.81. The van der Waals surface area contributed by atoms with Crippen molar-refractivity contribution in [2.75, 3.05) is 13.2 Å². The average Bonchev–Trinajstić information content (AvgIpc) is 2.75. The lowest BCUT2D eigenvalue weighted by molar-refractivity contribution is 0.105. The number of imidazole rings is 1. The molecule has 110 valence electrons. The summed E-state index contributed by atoms with van der Waals surface area (Å²) in [6.07, 6.45) is 0.949. The number of rotatable bonds is 7. The van der Waals surface area contributed by atoms with Crippen LogP contribution in [0.2, 0.25) is 5.02 Å². The standard InChI is InChI=1S/C15H20Cl2N2O/c1-11(2)10-20-7-3-6-19-14-5-4-12(17)8-13(14)18-15(19)9-16/h4-5,8,11H,3,6-7,9-10H2,1-2H3. The van der Waals surface area contributed by atoms with Crippen LogP contribution < -0.4 is 0 Å². The first-order chi connectivity index (χ1) is 9.61. The lowest BCUT2D eigenvalue weighted by Crippen LogP contribution is -2.08. The van der Waals surface area contributed by atoms with Gasteiger partial charge in [-0.25, -0.2) is 4.98 Å². The van der Waals surface area contributed by atoms with Gasteiger partial charge in [0.25, 0.3) is 0 Å². The first kappa shape index (κ1) is 15.6. The molecule has 0 unspecified atom stereocenters. The molecule has 20 heavy (non-hydrogen) atoms. The Balaban J connectivity index is 2.04. The molecule has 2 rings (SSSR count). The van der Waals surface area contributed by atoms with Crippen molar-refractivity contribution in [3.63, 3.8) is 0 Å². The fourth-order valence-electron chi connectivity index (χ4n) is 2.15. The Bertz CT molecular complexity index is 566. The van der Waals surface area contributed by atoms with E-state index in [0.717, 1.165) is 43.0 Å². The Morgan fingerprint density at radius 1 is 1.35 bits per heavy atom. The number of nitrogens with zero attached hydrogens (tertiary/aromatic N) is 2. The van der Waals surface area contributed by atoms with E-state index in [9.17, 15) is 0 Å². The fraction of sp³-hybridized carbons (Fsp3) is 0.533. The van der Waals surface area contributed by atoms with E-state index in [1.807, 2.05) is 18.2 Å². The molecular formula is C15H20Cl2N2O. The lowest BCUT2D eigenvalue weighted by Gasteiger charge is -2.09. The third kappa shape index (κ3) is 3.87. The average molecular weight is 315 g/mol. The number of aromatic nitrogens is 2. The molecule has 5 heteroatoms. The van der Waals surface area contributed by atoms with Crippen molar-refractivity contribution in [2.24, 2.45) is 5.92 Å². The van der Waals surface area contributed by atoms with Crippen molar-refractivity contribution in [2.45, 2.75) is 32.7 Å². The van der Waals surface area contributed by atoms with Gasteiger partial charge in [0, 0.05) is 24.8 Å². The number of fused-ring (bicyclic) bond motifs is 1. The molecule has 0 bridgehead atoms. The summed E-state index contributed by atoms with van der Waals surface area (Å²) < 4.78 is 7.76. The number of halogens is 2. The van der Waals surface area contributed by atoms with E-state index in [1.165, 1.54) is 0 Å². The highest BCUT2D eigenvalue weighted by Gasteiger charge is 2.10. The van der Waals surface area contributed by atoms with Crippen LogP contribution >= 0.6 is 23.2 Å². The number of ether oxygens (including phenoxy) is 1. The predicted octanol–water partition coefficient (Wildman–Crippen LogP) is 4.49. The van der Waals surface area contributed by atoms with Gasteiger partial charge in [0.15, 0.2) is 0 Å². The summed E-state index contributed by atoms with van der Waals surface area (Å²) in [5, 5.41) is 0.698. The van der Waals surface area contributed by atoms with Crippen LogP contribution in [0, 0.1) is 5.92 Å². The van der Waals surface area contributed by atoms with E-state index in [-0.39, 0.29) is 0 Å². The second-order valence-corrected chi connectivity index (χ2v) is 5.97. The van der Waals surface area contributed by atoms with Crippen molar-refractivity contribution < 1.29 is 4.74 Å². The largest absolute Gasteiger partial charge is 0.381 e. The van der Waals surface area contributed by atoms with Crippen LogP contribution in [-0.4, -0.2) is 22.8 Å². The van der Waals surface area contributed by atoms with Crippen molar-refractivity contribution in [1.29, 1.82) is 0 Å². The summed E-state index contributed by atoms with van der Waals surface area (Å²) in [7, 11) is 0. The summed E-state index contributed by atoms with van der Waals surface area (Å²) in [5.41, 5.74) is 1.98. The topological polar surface area (TPSA) is 27.1 Å². The number of hydrogen-bond donors (Lipinski definition) is 0. The zero-order chi connectivity index (χ0) is 14.5. The van der Waals surface area contributed by atoms with Crippen LogP contribution in [0.15, 0.2) is 18.2 Å². The minimum Gasteiger partial charge on any atom is -0.381 e. The van der Waals surface area contributed by atoms with Crippen molar-refractivity contribution in [3.8, 4) is 0 Å². The normalized spacial score (nSPS) is 11.7. The maximum atomic E-state index is 6.00. The molecule has 1 aromatic carbocycles. The van der Waals surface area contributed by atoms with E-state index in [1.54, 1.807) is 0 Å². The minimum absolute atomic E-state index is 0.402. The van der Waals surface area contributed by atoms with Crippen molar-refractivity contribution in [1.82, 2.24) is 9.55 Å². The summed E-state index contributed by atoms with van der Waals surface area (Å²) in [4.78, 5) is 4.52. The summed E-state index contributed by atoms with van der Waals surface area (Å²) in [5.74, 6) is 1.86. The summed E-state index contributed by atoms with van der Waals surface area (Å²) in [6.45, 7) is 6.73. The Morgan fingerprint density at radius 2 is 2.15 bits per heavy atom. The highest BCUT2D eigenvalue weighted by molar-refractivity contribution is 6.31. The molecule has 1 heterocycles. The van der Waals surface area contributed by atoms with Gasteiger partial charge in [-0.3, -0.25) is 0 Å². The second kappa shape index (κ2) is 7.30. The molecule has 0 radical (unpaired) electrons. The Morgan fingerprint density at radius 3 is 2.85 bits per heavy atom. The molecular weight excluding hydrogens is 295 g/mol. The van der Waals surface area contributed by atoms with Crippen LogP contribution in [0.4, 0.5) is 0 Å². The van der Waals surface area contributed by atoms with Gasteiger partial charge in [-0.2, -0.15) is 0 Å². The quantitative estimate of drug-likeness (QED) is 0.556. The monoisotopic (exact) mass is 314 g/mol. The van der Waals surface area contributed by atoms with Crippen LogP contribution in [0.5, 0.6) is 0 Å². The van der Waals surface area contributed by atoms with Gasteiger partial charge in [-0.1, -0.05) is 25.4 Å². The molecule has 0 saturated heterocycles. The second-order valence-electron chi connectivity index (χ2n) is 5.27. The zero-order valence-corrected chi connectivity index (χ0v) is 13.4. The van der Waals surface area contributed by atoms with Crippen LogP contribution in [0.1, 0.15) is 26.1 Å². The third-order valence-electron chi connectivity index (χ3n) is 3.03. The number of benzene rings is 1. The molecule has 0 spiro atoms. The molecule has 0 atom stereocenters. The zero-order valence-electron chi connectivity index (χ0n) is 11.9. The Kier molecular flexibility index (Phi) is 5.70. The summed E-state index contributed by atoms with van der Waals surface area (Å²) in [6, 6.07) is 5.75. The Labute approximate surface area is 129 Å². The van der Waals surface area contributed by atoms with Crippen LogP contribution in [-0.2, 0) is 17.2 Å². The number of hydrogen-bond acceptors (Lipinski definition) is 2. The molecule has 0 fully saturated rings. The van der Waals surface area contributed by atoms with E-state index < -0.39 is 0 Å². The van der Waals surface area contributed by atoms with Crippen LogP contribution in [0.25, 0.3) is 11.0 Å². The molecule has 0 N–H and O–H groups in total. The molecule has 0 aliphatic rings. The summed E-state index contributed by atoms with van der Waals surface area (Å²) >= 11 is 12.0. The minimum atomic E-state index is 0.402. The fourth-order valence-corrected chi connectivity index (χ4v) is 2.52. The molecule has 3 nitrogen and oxygen atoms in total. The van der Waals surface area contributed by atoms with Gasteiger partial charge in [0.05, 0.1) is 16.9 Å². The highest BCUT2D eigenvalue weighted by Crippen LogP contribution is 2.21. The highest BCUT2D eigenvalue weighted by atomic mass is 35.5. The van der Waals surface area contributed by atoms with E-state index in [4.69, 9.17) is 27.9 Å². The van der Waals surface area contributed by atoms with Gasteiger partial charge >= 0.3 is 0 Å². The van der Waals surface area contributed by atoms with E-state index >= 15 is 0 Å². The van der Waals surface area contributed by atoms with Crippen molar-refractivity contribution in [3.05, 3.63) is 29.0 Å². The first-order valence-electron chi connectivity index (χ1n) is 6.90. The predicted molar refractivity (Wildman–Crippen MR) is 84.6 cm³/mol. The molecule has 0 aliphatic carbocycles. The van der Waals surface area contributed by atoms with Gasteiger partial charge in [0.2, 0.25) is 0 Å². The van der Waals surface area contributed by atoms with Crippen LogP contribution in [0.3, 0.4) is 0 Å². The molecule has 0 aliphatic heterocycles. The number of alkyl halides is 1. The molecule has 2 aromatic rings. The smallest absolute Gasteiger partial charge is 0.124 e.